The molecule has 0 radical (unpaired) electrons. The first-order chi connectivity index (χ1) is 14.9. The number of aliphatic carboxylic acids is 1. The van der Waals surface area contributed by atoms with Crippen LogP contribution >= 0.6 is 0 Å². The van der Waals surface area contributed by atoms with Gasteiger partial charge in [-0.3, -0.25) is 14.4 Å². The molecule has 0 bridgehead atoms. The summed E-state index contributed by atoms with van der Waals surface area (Å²) in [6, 6.07) is 14.1. The van der Waals surface area contributed by atoms with Gasteiger partial charge in [0.15, 0.2) is 0 Å². The molecule has 2 N–H and O–H groups in total. The van der Waals surface area contributed by atoms with Crippen LogP contribution in [0.3, 0.4) is 0 Å². The number of carbonyl (C=O) groups is 4. The number of carboxylic acids is 1. The smallest absolute Gasteiger partial charge is 0.329 e. The standard InChI is InChI=1S/C22H21N3O6/c26-19(12-31-13-20(27)28)24-8-9-25-18(11-24)21(29)23-17-7-6-15(10-16(17)22(25)30)14-4-2-1-3-5-14/h1-7,10,18H,8-9,11-13H2,(H,23,29)(H,27,28). The van der Waals surface area contributed by atoms with Crippen molar-refractivity contribution >= 4 is 29.4 Å². The van der Waals surface area contributed by atoms with Gasteiger partial charge < -0.3 is 25.0 Å². The zero-order valence-corrected chi connectivity index (χ0v) is 16.6. The summed E-state index contributed by atoms with van der Waals surface area (Å²) >= 11 is 0. The molecule has 2 aromatic carbocycles. The fraction of sp³-hybridized carbons (Fsp3) is 0.273. The number of carboxylic acid groups (broad SMARTS) is 1. The maximum Gasteiger partial charge on any atom is 0.329 e. The predicted octanol–water partition coefficient (Wildman–Crippen LogP) is 1.06. The molecule has 2 aliphatic heterocycles. The lowest BCUT2D eigenvalue weighted by molar-refractivity contribution is -0.147. The summed E-state index contributed by atoms with van der Waals surface area (Å²) in [6.45, 7) is -0.524. The van der Waals surface area contributed by atoms with Crippen molar-refractivity contribution in [2.45, 2.75) is 6.04 Å². The molecule has 9 heteroatoms. The van der Waals surface area contributed by atoms with E-state index in [1.165, 1.54) is 9.80 Å². The number of nitrogens with one attached hydrogen (secondary N) is 1. The summed E-state index contributed by atoms with van der Waals surface area (Å²) in [5, 5.41) is 11.4. The Morgan fingerprint density at radius 1 is 1.03 bits per heavy atom. The van der Waals surface area contributed by atoms with Crippen LogP contribution in [0.25, 0.3) is 11.1 Å². The van der Waals surface area contributed by atoms with Gasteiger partial charge >= 0.3 is 5.97 Å². The highest BCUT2D eigenvalue weighted by Crippen LogP contribution is 2.30. The summed E-state index contributed by atoms with van der Waals surface area (Å²) in [5.74, 6) is -2.23. The third-order valence-electron chi connectivity index (χ3n) is 5.36. The third kappa shape index (κ3) is 4.26. The summed E-state index contributed by atoms with van der Waals surface area (Å²) in [5.41, 5.74) is 2.67. The summed E-state index contributed by atoms with van der Waals surface area (Å²) < 4.78 is 4.85. The van der Waals surface area contributed by atoms with Gasteiger partial charge in [0, 0.05) is 13.1 Å². The molecule has 1 unspecified atom stereocenters. The van der Waals surface area contributed by atoms with Gasteiger partial charge in [0.2, 0.25) is 11.8 Å². The molecular weight excluding hydrogens is 402 g/mol. The first-order valence-corrected chi connectivity index (χ1v) is 9.82. The van der Waals surface area contributed by atoms with Crippen LogP contribution in [-0.2, 0) is 19.1 Å². The van der Waals surface area contributed by atoms with Gasteiger partial charge in [-0.05, 0) is 23.3 Å². The molecule has 2 aromatic rings. The Bertz CT molecular complexity index is 1040. The van der Waals surface area contributed by atoms with E-state index in [1.54, 1.807) is 12.1 Å². The Labute approximate surface area is 178 Å². The van der Waals surface area contributed by atoms with Gasteiger partial charge in [-0.15, -0.1) is 0 Å². The Hall–Kier alpha value is -3.72. The molecule has 1 atom stereocenters. The molecule has 9 nitrogen and oxygen atoms in total. The number of piperazine rings is 1. The number of rotatable bonds is 5. The van der Waals surface area contributed by atoms with E-state index in [0.29, 0.717) is 11.3 Å². The minimum Gasteiger partial charge on any atom is -0.480 e. The van der Waals surface area contributed by atoms with Crippen LogP contribution < -0.4 is 5.32 Å². The summed E-state index contributed by atoms with van der Waals surface area (Å²) in [4.78, 5) is 51.9. The average Bonchev–Trinajstić information content (AvgIpc) is 2.88. The van der Waals surface area contributed by atoms with Crippen molar-refractivity contribution in [1.29, 1.82) is 0 Å². The molecule has 2 aliphatic rings. The maximum absolute atomic E-state index is 13.3. The van der Waals surface area contributed by atoms with E-state index in [1.807, 2.05) is 36.4 Å². The van der Waals surface area contributed by atoms with Gasteiger partial charge in [0.25, 0.3) is 5.91 Å². The molecule has 0 saturated carbocycles. The quantitative estimate of drug-likeness (QED) is 0.743. The van der Waals surface area contributed by atoms with Crippen molar-refractivity contribution in [3.8, 4) is 11.1 Å². The first kappa shape index (κ1) is 20.5. The number of anilines is 1. The fourth-order valence-corrected chi connectivity index (χ4v) is 3.80. The van der Waals surface area contributed by atoms with Crippen LogP contribution in [-0.4, -0.2) is 77.5 Å². The number of hydrogen-bond donors (Lipinski definition) is 2. The monoisotopic (exact) mass is 423 g/mol. The largest absolute Gasteiger partial charge is 0.480 e. The zero-order valence-electron chi connectivity index (χ0n) is 16.6. The Kier molecular flexibility index (Phi) is 5.68. The number of hydrogen-bond acceptors (Lipinski definition) is 5. The van der Waals surface area contributed by atoms with E-state index in [4.69, 9.17) is 9.84 Å². The normalized spacial score (nSPS) is 18.0. The molecule has 3 amide bonds. The second kappa shape index (κ2) is 8.57. The van der Waals surface area contributed by atoms with E-state index in [0.717, 1.165) is 11.1 Å². The van der Waals surface area contributed by atoms with E-state index >= 15 is 0 Å². The van der Waals surface area contributed by atoms with Crippen molar-refractivity contribution in [1.82, 2.24) is 9.80 Å². The van der Waals surface area contributed by atoms with Crippen LogP contribution in [0.4, 0.5) is 5.69 Å². The predicted molar refractivity (Wildman–Crippen MR) is 110 cm³/mol. The number of ether oxygens (including phenoxy) is 1. The van der Waals surface area contributed by atoms with Crippen LogP contribution in [0.15, 0.2) is 48.5 Å². The lowest BCUT2D eigenvalue weighted by Gasteiger charge is -2.39. The molecule has 31 heavy (non-hydrogen) atoms. The zero-order chi connectivity index (χ0) is 22.0. The molecule has 0 spiro atoms. The topological polar surface area (TPSA) is 116 Å². The van der Waals surface area contributed by atoms with Crippen molar-refractivity contribution in [3.63, 3.8) is 0 Å². The van der Waals surface area contributed by atoms with Crippen molar-refractivity contribution in [2.75, 3.05) is 38.2 Å². The Morgan fingerprint density at radius 2 is 1.81 bits per heavy atom. The van der Waals surface area contributed by atoms with Gasteiger partial charge in [-0.25, -0.2) is 4.79 Å². The van der Waals surface area contributed by atoms with Gasteiger partial charge in [0.05, 0.1) is 17.8 Å². The molecule has 1 saturated heterocycles. The SMILES string of the molecule is O=C(O)COCC(=O)N1CCN2C(=O)c3cc(-c4ccccc4)ccc3NC(=O)C2C1. The molecule has 160 valence electrons. The highest BCUT2D eigenvalue weighted by atomic mass is 16.5. The van der Waals surface area contributed by atoms with Crippen LogP contribution in [0.2, 0.25) is 0 Å². The molecule has 0 aliphatic carbocycles. The van der Waals surface area contributed by atoms with Gasteiger partial charge in [-0.2, -0.15) is 0 Å². The number of nitrogens with zero attached hydrogens (tertiary/aromatic N) is 2. The number of benzene rings is 2. The lowest BCUT2D eigenvalue weighted by Crippen LogP contribution is -2.60. The van der Waals surface area contributed by atoms with Crippen molar-refractivity contribution in [3.05, 3.63) is 54.1 Å². The van der Waals surface area contributed by atoms with Gasteiger partial charge in [0.1, 0.15) is 19.3 Å². The maximum atomic E-state index is 13.3. The van der Waals surface area contributed by atoms with Crippen LogP contribution in [0.5, 0.6) is 0 Å². The summed E-state index contributed by atoms with van der Waals surface area (Å²) in [6.07, 6.45) is 0. The fourth-order valence-electron chi connectivity index (χ4n) is 3.80. The van der Waals surface area contributed by atoms with Crippen LogP contribution in [0, 0.1) is 0 Å². The first-order valence-electron chi connectivity index (χ1n) is 9.82. The Morgan fingerprint density at radius 3 is 2.55 bits per heavy atom. The van der Waals surface area contributed by atoms with Crippen molar-refractivity contribution in [2.24, 2.45) is 0 Å². The molecule has 4 rings (SSSR count). The second-order valence-electron chi connectivity index (χ2n) is 7.36. The second-order valence-corrected chi connectivity index (χ2v) is 7.36. The minimum absolute atomic E-state index is 0.0202. The van der Waals surface area contributed by atoms with E-state index in [9.17, 15) is 19.2 Å². The van der Waals surface area contributed by atoms with Crippen molar-refractivity contribution < 1.29 is 29.0 Å². The minimum atomic E-state index is -1.17. The molecular formula is C22H21N3O6. The Balaban J connectivity index is 1.53. The van der Waals surface area contributed by atoms with Gasteiger partial charge in [-0.1, -0.05) is 36.4 Å². The van der Waals surface area contributed by atoms with Crippen LogP contribution in [0.1, 0.15) is 10.4 Å². The third-order valence-corrected chi connectivity index (χ3v) is 5.36. The molecule has 1 fully saturated rings. The summed E-state index contributed by atoms with van der Waals surface area (Å²) in [7, 11) is 0. The number of amides is 3. The van der Waals surface area contributed by atoms with E-state index < -0.39 is 31.1 Å². The lowest BCUT2D eigenvalue weighted by atomic mass is 10.0. The highest BCUT2D eigenvalue weighted by molar-refractivity contribution is 6.10. The number of carbonyl (C=O) groups excluding carboxylic acids is 3. The number of fused-ring (bicyclic) bond motifs is 2. The molecule has 2 heterocycles. The average molecular weight is 423 g/mol. The molecule has 0 aromatic heterocycles. The van der Waals surface area contributed by atoms with E-state index in [2.05, 4.69) is 5.32 Å². The highest BCUT2D eigenvalue weighted by Gasteiger charge is 2.40. The van der Waals surface area contributed by atoms with E-state index in [-0.39, 0.29) is 31.4 Å².